The van der Waals surface area contributed by atoms with E-state index >= 15 is 0 Å². The third-order valence-corrected chi connectivity index (χ3v) is 1.55. The monoisotopic (exact) mass is 100 g/mol. The average Bonchev–Trinajstić information content (AvgIpc) is 1.91. The van der Waals surface area contributed by atoms with Crippen LogP contribution in [-0.4, -0.2) is 31.2 Å². The first-order valence-corrected chi connectivity index (χ1v) is 2.71. The van der Waals surface area contributed by atoms with Crippen molar-refractivity contribution in [2.75, 3.05) is 20.3 Å². The van der Waals surface area contributed by atoms with Gasteiger partial charge in [-0.25, -0.2) is 0 Å². The summed E-state index contributed by atoms with van der Waals surface area (Å²) < 4.78 is 0. The molecule has 1 fully saturated rings. The van der Waals surface area contributed by atoms with Gasteiger partial charge in [-0.2, -0.15) is 0 Å². The van der Waals surface area contributed by atoms with E-state index in [1.54, 1.807) is 0 Å². The Hall–Kier alpha value is -0.0800. The van der Waals surface area contributed by atoms with Gasteiger partial charge in [0.25, 0.3) is 0 Å². The van der Waals surface area contributed by atoms with Crippen molar-refractivity contribution in [3.05, 3.63) is 0 Å². The summed E-state index contributed by atoms with van der Waals surface area (Å²) in [6, 6.07) is 0.736. The summed E-state index contributed by atoms with van der Waals surface area (Å²) in [6.07, 6.45) is 0. The van der Waals surface area contributed by atoms with E-state index in [4.69, 9.17) is 0 Å². The maximum absolute atomic E-state index is 3.25. The summed E-state index contributed by atoms with van der Waals surface area (Å²) in [4.78, 5) is 2.29. The second-order valence-electron chi connectivity index (χ2n) is 2.22. The molecule has 0 aromatic heterocycles. The highest BCUT2D eigenvalue weighted by atomic mass is 15.3. The minimum atomic E-state index is 0.736. The van der Waals surface area contributed by atoms with Gasteiger partial charge in [-0.1, -0.05) is 0 Å². The zero-order valence-corrected chi connectivity index (χ0v) is 4.94. The van der Waals surface area contributed by atoms with Crippen LogP contribution in [0.5, 0.6) is 0 Å². The van der Waals surface area contributed by atoms with Crippen molar-refractivity contribution < 1.29 is 0 Å². The fourth-order valence-corrected chi connectivity index (χ4v) is 0.761. The third kappa shape index (κ3) is 0.924. The van der Waals surface area contributed by atoms with E-state index in [2.05, 4.69) is 24.2 Å². The first-order valence-electron chi connectivity index (χ1n) is 2.71. The van der Waals surface area contributed by atoms with Gasteiger partial charge in [-0.3, -0.25) is 4.90 Å². The average molecular weight is 100 g/mol. The molecule has 42 valence electrons. The topological polar surface area (TPSA) is 15.3 Å². The van der Waals surface area contributed by atoms with Crippen LogP contribution in [0.25, 0.3) is 0 Å². The fraction of sp³-hybridized carbons (Fsp3) is 1.00. The van der Waals surface area contributed by atoms with Gasteiger partial charge in [0.15, 0.2) is 0 Å². The Morgan fingerprint density at radius 2 is 2.43 bits per heavy atom. The highest BCUT2D eigenvalue weighted by Gasteiger charge is 2.13. The maximum atomic E-state index is 3.25. The van der Waals surface area contributed by atoms with E-state index in [9.17, 15) is 0 Å². The van der Waals surface area contributed by atoms with Gasteiger partial charge >= 0.3 is 0 Å². The molecule has 1 saturated heterocycles. The molecule has 0 saturated carbocycles. The van der Waals surface area contributed by atoms with E-state index in [1.807, 2.05) is 0 Å². The zero-order valence-electron chi connectivity index (χ0n) is 4.94. The van der Waals surface area contributed by atoms with E-state index in [1.165, 1.54) is 0 Å². The highest BCUT2D eigenvalue weighted by molar-refractivity contribution is 4.71. The molecular formula is C5H12N2. The molecule has 0 aromatic rings. The lowest BCUT2D eigenvalue weighted by Crippen LogP contribution is -2.22. The van der Waals surface area contributed by atoms with Crippen LogP contribution >= 0.6 is 0 Å². The Kier molecular flexibility index (Phi) is 1.30. The lowest BCUT2D eigenvalue weighted by Gasteiger charge is -2.10. The van der Waals surface area contributed by atoms with Gasteiger partial charge in [0.05, 0.1) is 0 Å². The molecule has 1 atom stereocenters. The van der Waals surface area contributed by atoms with Gasteiger partial charge in [-0.15, -0.1) is 0 Å². The number of rotatable bonds is 0. The van der Waals surface area contributed by atoms with Crippen LogP contribution in [0.1, 0.15) is 6.92 Å². The van der Waals surface area contributed by atoms with Crippen molar-refractivity contribution in [3.63, 3.8) is 0 Å². The second kappa shape index (κ2) is 1.80. The first kappa shape index (κ1) is 5.06. The molecule has 7 heavy (non-hydrogen) atoms. The van der Waals surface area contributed by atoms with Gasteiger partial charge in [0.2, 0.25) is 0 Å². The summed E-state index contributed by atoms with van der Waals surface area (Å²) in [5.74, 6) is 0. The molecule has 1 aliphatic rings. The summed E-state index contributed by atoms with van der Waals surface area (Å²) >= 11 is 0. The quantitative estimate of drug-likeness (QED) is 0.456. The fourth-order valence-electron chi connectivity index (χ4n) is 0.761. The van der Waals surface area contributed by atoms with Gasteiger partial charge in [-0.05, 0) is 14.0 Å². The van der Waals surface area contributed by atoms with Crippen molar-refractivity contribution >= 4 is 0 Å². The molecule has 2 nitrogen and oxygen atoms in total. The van der Waals surface area contributed by atoms with Gasteiger partial charge in [0.1, 0.15) is 0 Å². The largest absolute Gasteiger partial charge is 0.303 e. The molecule has 0 spiro atoms. The Labute approximate surface area is 44.5 Å². The standard InChI is InChI=1S/C5H12N2/c1-5-3-6-4-7(5)2/h5-6H,3-4H2,1-2H3. The molecule has 1 aliphatic heterocycles. The molecule has 1 rings (SSSR count). The number of nitrogens with zero attached hydrogens (tertiary/aromatic N) is 1. The molecule has 0 bridgehead atoms. The number of nitrogens with one attached hydrogen (secondary N) is 1. The molecule has 1 N–H and O–H groups in total. The normalized spacial score (nSPS) is 34.3. The summed E-state index contributed by atoms with van der Waals surface area (Å²) in [7, 11) is 2.13. The minimum absolute atomic E-state index is 0.736. The molecular weight excluding hydrogens is 88.1 g/mol. The molecule has 1 heterocycles. The lowest BCUT2D eigenvalue weighted by atomic mass is 10.3. The van der Waals surface area contributed by atoms with Crippen molar-refractivity contribution in [1.82, 2.24) is 10.2 Å². The van der Waals surface area contributed by atoms with Crippen molar-refractivity contribution in [1.29, 1.82) is 0 Å². The summed E-state index contributed by atoms with van der Waals surface area (Å²) in [5, 5.41) is 3.25. The van der Waals surface area contributed by atoms with Crippen molar-refractivity contribution in [2.45, 2.75) is 13.0 Å². The Balaban J connectivity index is 2.33. The van der Waals surface area contributed by atoms with Crippen LogP contribution in [0.2, 0.25) is 0 Å². The molecule has 0 amide bonds. The van der Waals surface area contributed by atoms with Gasteiger partial charge in [0, 0.05) is 19.3 Å². The molecule has 2 heteroatoms. The Bertz CT molecular complexity index is 55.1. The van der Waals surface area contributed by atoms with E-state index in [0.717, 1.165) is 19.3 Å². The molecule has 0 aliphatic carbocycles. The van der Waals surface area contributed by atoms with Crippen LogP contribution in [0.3, 0.4) is 0 Å². The second-order valence-corrected chi connectivity index (χ2v) is 2.22. The minimum Gasteiger partial charge on any atom is -0.303 e. The molecule has 0 aromatic carbocycles. The van der Waals surface area contributed by atoms with Crippen LogP contribution in [0.4, 0.5) is 0 Å². The van der Waals surface area contributed by atoms with Crippen LogP contribution < -0.4 is 5.32 Å². The lowest BCUT2D eigenvalue weighted by molar-refractivity contribution is 0.334. The Morgan fingerprint density at radius 1 is 1.71 bits per heavy atom. The molecule has 1 unspecified atom stereocenters. The van der Waals surface area contributed by atoms with Crippen LogP contribution in [-0.2, 0) is 0 Å². The molecule has 0 radical (unpaired) electrons. The van der Waals surface area contributed by atoms with E-state index in [0.29, 0.717) is 0 Å². The first-order chi connectivity index (χ1) is 3.30. The van der Waals surface area contributed by atoms with E-state index in [-0.39, 0.29) is 0 Å². The van der Waals surface area contributed by atoms with E-state index < -0.39 is 0 Å². The SMILES string of the molecule is CC1CNCN1C. The third-order valence-electron chi connectivity index (χ3n) is 1.55. The zero-order chi connectivity index (χ0) is 5.28. The Morgan fingerprint density at radius 3 is 2.57 bits per heavy atom. The number of hydrogen-bond donors (Lipinski definition) is 1. The number of hydrogen-bond acceptors (Lipinski definition) is 2. The predicted octanol–water partition coefficient (Wildman–Crippen LogP) is -0.133. The van der Waals surface area contributed by atoms with Crippen LogP contribution in [0.15, 0.2) is 0 Å². The van der Waals surface area contributed by atoms with Crippen LogP contribution in [0, 0.1) is 0 Å². The van der Waals surface area contributed by atoms with Crippen molar-refractivity contribution in [2.24, 2.45) is 0 Å². The highest BCUT2D eigenvalue weighted by Crippen LogP contribution is 1.96. The smallest absolute Gasteiger partial charge is 0.0481 e. The predicted molar refractivity (Wildman–Crippen MR) is 30.1 cm³/mol. The van der Waals surface area contributed by atoms with Crippen molar-refractivity contribution in [3.8, 4) is 0 Å². The maximum Gasteiger partial charge on any atom is 0.0481 e. The summed E-state index contributed by atoms with van der Waals surface area (Å²) in [6.45, 7) is 4.43. The van der Waals surface area contributed by atoms with Gasteiger partial charge < -0.3 is 5.32 Å². The number of likely N-dealkylation sites (N-methyl/N-ethyl adjacent to an activating group) is 1. The summed E-state index contributed by atoms with van der Waals surface area (Å²) in [5.41, 5.74) is 0.